The van der Waals surface area contributed by atoms with Crippen LogP contribution in [0.3, 0.4) is 0 Å². The van der Waals surface area contributed by atoms with Gasteiger partial charge >= 0.3 is 5.97 Å². The summed E-state index contributed by atoms with van der Waals surface area (Å²) >= 11 is 0. The van der Waals surface area contributed by atoms with Crippen molar-refractivity contribution in [1.82, 2.24) is 0 Å². The summed E-state index contributed by atoms with van der Waals surface area (Å²) in [5.41, 5.74) is 1.53. The van der Waals surface area contributed by atoms with Crippen LogP contribution in [0.15, 0.2) is 42.5 Å². The minimum atomic E-state index is -0.409. The maximum atomic E-state index is 12.1. The maximum Gasteiger partial charge on any atom is 0.338 e. The van der Waals surface area contributed by atoms with E-state index in [0.29, 0.717) is 11.5 Å². The summed E-state index contributed by atoms with van der Waals surface area (Å²) < 4.78 is 5.73. The number of esters is 1. The molecule has 1 aliphatic rings. The van der Waals surface area contributed by atoms with Crippen LogP contribution < -0.4 is 0 Å². The lowest BCUT2D eigenvalue weighted by Crippen LogP contribution is -2.38. The Kier molecular flexibility index (Phi) is 4.08. The molecule has 0 heterocycles. The Bertz CT molecular complexity index is 449. The first kappa shape index (κ1) is 13.9. The van der Waals surface area contributed by atoms with Crippen molar-refractivity contribution >= 4 is 5.97 Å². The SMILES string of the molecule is C=C1CCC(C(C)(C)OC(=O)c2ccccc2)CC1. The molecular weight excluding hydrogens is 236 g/mol. The number of ether oxygens (including phenoxy) is 1. The van der Waals surface area contributed by atoms with E-state index < -0.39 is 5.60 Å². The lowest BCUT2D eigenvalue weighted by Gasteiger charge is -2.37. The predicted molar refractivity (Wildman–Crippen MR) is 77.0 cm³/mol. The molecule has 2 nitrogen and oxygen atoms in total. The van der Waals surface area contributed by atoms with E-state index in [-0.39, 0.29) is 5.97 Å². The highest BCUT2D eigenvalue weighted by atomic mass is 16.6. The van der Waals surface area contributed by atoms with Crippen LogP contribution in [0.4, 0.5) is 0 Å². The fraction of sp³-hybridized carbons (Fsp3) is 0.471. The molecule has 0 spiro atoms. The second kappa shape index (κ2) is 5.60. The number of hydrogen-bond acceptors (Lipinski definition) is 2. The highest BCUT2D eigenvalue weighted by Gasteiger charge is 2.34. The second-order valence-electron chi connectivity index (χ2n) is 5.88. The van der Waals surface area contributed by atoms with Crippen LogP contribution in [-0.4, -0.2) is 11.6 Å². The van der Waals surface area contributed by atoms with E-state index in [9.17, 15) is 4.79 Å². The van der Waals surface area contributed by atoms with Gasteiger partial charge in [0, 0.05) is 0 Å². The van der Waals surface area contributed by atoms with Crippen molar-refractivity contribution in [2.75, 3.05) is 0 Å². The number of allylic oxidation sites excluding steroid dienone is 1. The number of carbonyl (C=O) groups excluding carboxylic acids is 1. The van der Waals surface area contributed by atoms with E-state index in [0.717, 1.165) is 25.7 Å². The fourth-order valence-electron chi connectivity index (χ4n) is 2.68. The van der Waals surface area contributed by atoms with E-state index in [4.69, 9.17) is 4.74 Å². The Hall–Kier alpha value is -1.57. The summed E-state index contributed by atoms with van der Waals surface area (Å²) in [5.74, 6) is 0.195. The molecule has 19 heavy (non-hydrogen) atoms. The second-order valence-corrected chi connectivity index (χ2v) is 5.88. The molecule has 0 aliphatic heterocycles. The van der Waals surface area contributed by atoms with Gasteiger partial charge < -0.3 is 4.74 Å². The minimum Gasteiger partial charge on any atom is -0.456 e. The van der Waals surface area contributed by atoms with Gasteiger partial charge in [0.25, 0.3) is 0 Å². The van der Waals surface area contributed by atoms with Crippen LogP contribution >= 0.6 is 0 Å². The predicted octanol–water partition coefficient (Wildman–Crippen LogP) is 4.37. The fourth-order valence-corrected chi connectivity index (χ4v) is 2.68. The minimum absolute atomic E-state index is 0.227. The van der Waals surface area contributed by atoms with Crippen molar-refractivity contribution in [1.29, 1.82) is 0 Å². The average Bonchev–Trinajstić information content (AvgIpc) is 2.40. The van der Waals surface area contributed by atoms with Crippen LogP contribution in [0.2, 0.25) is 0 Å². The van der Waals surface area contributed by atoms with E-state index >= 15 is 0 Å². The molecule has 1 saturated carbocycles. The molecule has 0 N–H and O–H groups in total. The highest BCUT2D eigenvalue weighted by molar-refractivity contribution is 5.89. The van der Waals surface area contributed by atoms with Crippen molar-refractivity contribution in [2.24, 2.45) is 5.92 Å². The molecule has 0 bridgehead atoms. The van der Waals surface area contributed by atoms with Gasteiger partial charge in [-0.15, -0.1) is 0 Å². The zero-order valence-corrected chi connectivity index (χ0v) is 11.8. The molecular formula is C17H22O2. The summed E-state index contributed by atoms with van der Waals surface area (Å²) in [4.78, 5) is 12.1. The highest BCUT2D eigenvalue weighted by Crippen LogP contribution is 2.36. The third-order valence-corrected chi connectivity index (χ3v) is 4.04. The van der Waals surface area contributed by atoms with Crippen LogP contribution in [0.25, 0.3) is 0 Å². The zero-order valence-electron chi connectivity index (χ0n) is 11.8. The van der Waals surface area contributed by atoms with E-state index in [2.05, 4.69) is 6.58 Å². The molecule has 0 radical (unpaired) electrons. The van der Waals surface area contributed by atoms with Gasteiger partial charge in [-0.1, -0.05) is 30.4 Å². The molecule has 2 rings (SSSR count). The first-order chi connectivity index (χ1) is 8.99. The first-order valence-corrected chi connectivity index (χ1v) is 6.94. The van der Waals surface area contributed by atoms with Crippen molar-refractivity contribution in [3.8, 4) is 0 Å². The average molecular weight is 258 g/mol. The number of rotatable bonds is 3. The topological polar surface area (TPSA) is 26.3 Å². The molecule has 0 aromatic heterocycles. The molecule has 0 unspecified atom stereocenters. The van der Waals surface area contributed by atoms with E-state index in [1.807, 2.05) is 32.0 Å². The van der Waals surface area contributed by atoms with Crippen LogP contribution in [0.5, 0.6) is 0 Å². The summed E-state index contributed by atoms with van der Waals surface area (Å²) in [6.45, 7) is 8.07. The molecule has 0 saturated heterocycles. The Morgan fingerprint density at radius 3 is 2.37 bits per heavy atom. The summed E-state index contributed by atoms with van der Waals surface area (Å²) in [6, 6.07) is 9.19. The Morgan fingerprint density at radius 1 is 1.21 bits per heavy atom. The summed E-state index contributed by atoms with van der Waals surface area (Å²) in [7, 11) is 0. The van der Waals surface area contributed by atoms with Crippen LogP contribution in [-0.2, 0) is 4.74 Å². The van der Waals surface area contributed by atoms with Crippen molar-refractivity contribution in [2.45, 2.75) is 45.1 Å². The van der Waals surface area contributed by atoms with Crippen LogP contribution in [0.1, 0.15) is 49.9 Å². The number of benzene rings is 1. The Labute approximate surface area is 115 Å². The first-order valence-electron chi connectivity index (χ1n) is 6.94. The third kappa shape index (κ3) is 3.46. The van der Waals surface area contributed by atoms with Crippen molar-refractivity contribution < 1.29 is 9.53 Å². The standard InChI is InChI=1S/C17H22O2/c1-13-9-11-15(12-10-13)17(2,3)19-16(18)14-7-5-4-6-8-14/h4-8,15H,1,9-12H2,2-3H3. The molecule has 1 aromatic rings. The lowest BCUT2D eigenvalue weighted by atomic mass is 9.77. The Balaban J connectivity index is 2.01. The lowest BCUT2D eigenvalue weighted by molar-refractivity contribution is -0.0360. The van der Waals surface area contributed by atoms with Gasteiger partial charge in [-0.3, -0.25) is 0 Å². The van der Waals surface area contributed by atoms with Crippen molar-refractivity contribution in [3.05, 3.63) is 48.0 Å². The van der Waals surface area contributed by atoms with Crippen molar-refractivity contribution in [3.63, 3.8) is 0 Å². The molecule has 0 amide bonds. The van der Waals surface area contributed by atoms with Gasteiger partial charge in [-0.05, 0) is 57.6 Å². The number of hydrogen-bond donors (Lipinski definition) is 0. The van der Waals surface area contributed by atoms with E-state index in [1.165, 1.54) is 5.57 Å². The molecule has 2 heteroatoms. The van der Waals surface area contributed by atoms with Gasteiger partial charge in [0.1, 0.15) is 5.60 Å². The summed E-state index contributed by atoms with van der Waals surface area (Å²) in [6.07, 6.45) is 4.23. The zero-order chi connectivity index (χ0) is 13.9. The number of carbonyl (C=O) groups is 1. The molecule has 102 valence electrons. The molecule has 0 atom stereocenters. The quantitative estimate of drug-likeness (QED) is 0.594. The van der Waals surface area contributed by atoms with Gasteiger partial charge in [0.05, 0.1) is 5.56 Å². The van der Waals surface area contributed by atoms with E-state index in [1.54, 1.807) is 12.1 Å². The van der Waals surface area contributed by atoms with Crippen LogP contribution in [0, 0.1) is 5.92 Å². The van der Waals surface area contributed by atoms with Gasteiger partial charge in [0.15, 0.2) is 0 Å². The van der Waals surface area contributed by atoms with Gasteiger partial charge in [-0.2, -0.15) is 0 Å². The monoisotopic (exact) mass is 258 g/mol. The van der Waals surface area contributed by atoms with Gasteiger partial charge in [0.2, 0.25) is 0 Å². The molecule has 1 aromatic carbocycles. The Morgan fingerprint density at radius 2 is 1.79 bits per heavy atom. The normalized spacial score (nSPS) is 17.3. The third-order valence-electron chi connectivity index (χ3n) is 4.04. The summed E-state index contributed by atoms with van der Waals surface area (Å²) in [5, 5.41) is 0. The maximum absolute atomic E-state index is 12.1. The van der Waals surface area contributed by atoms with Gasteiger partial charge in [-0.25, -0.2) is 4.79 Å². The molecule has 1 fully saturated rings. The largest absolute Gasteiger partial charge is 0.456 e. The molecule has 1 aliphatic carbocycles. The smallest absolute Gasteiger partial charge is 0.338 e.